The summed E-state index contributed by atoms with van der Waals surface area (Å²) < 4.78 is 13.1. The first-order valence-corrected chi connectivity index (χ1v) is 4.98. The Kier molecular flexibility index (Phi) is 5.84. The maximum atomic E-state index is 13.1. The number of hydrogen-bond donors (Lipinski definition) is 1. The summed E-state index contributed by atoms with van der Waals surface area (Å²) in [5, 5.41) is 2.91. The predicted molar refractivity (Wildman–Crippen MR) is 59.0 cm³/mol. The van der Waals surface area contributed by atoms with Crippen molar-refractivity contribution in [2.75, 3.05) is 5.32 Å². The fourth-order valence-electron chi connectivity index (χ4n) is 0.913. The van der Waals surface area contributed by atoms with E-state index >= 15 is 0 Å². The lowest BCUT2D eigenvalue weighted by Crippen LogP contribution is -2.12. The van der Waals surface area contributed by atoms with Crippen LogP contribution in [-0.4, -0.2) is 11.0 Å². The molecular formula is C11H19FN2. The quantitative estimate of drug-likeness (QED) is 0.788. The average Bonchev–Trinajstić information content (AvgIpc) is 2.13. The normalized spacial score (nSPS) is 9.36. The second-order valence-electron chi connectivity index (χ2n) is 3.14. The maximum Gasteiger partial charge on any atom is 0.165 e. The van der Waals surface area contributed by atoms with E-state index < -0.39 is 0 Å². The molecule has 1 heterocycles. The second kappa shape index (κ2) is 6.35. The molecule has 1 aromatic rings. The highest BCUT2D eigenvalue weighted by Crippen LogP contribution is 2.11. The third-order valence-corrected chi connectivity index (χ3v) is 1.40. The van der Waals surface area contributed by atoms with Crippen molar-refractivity contribution in [2.24, 2.45) is 0 Å². The third kappa shape index (κ3) is 4.21. The van der Waals surface area contributed by atoms with Crippen molar-refractivity contribution in [1.29, 1.82) is 0 Å². The molecule has 0 atom stereocenters. The van der Waals surface area contributed by atoms with E-state index in [0.717, 1.165) is 5.56 Å². The Bertz CT molecular complexity index is 272. The van der Waals surface area contributed by atoms with Crippen LogP contribution in [0.25, 0.3) is 0 Å². The molecule has 0 saturated carbocycles. The summed E-state index contributed by atoms with van der Waals surface area (Å²) in [5.74, 6) is 0.0410. The predicted octanol–water partition coefficient (Wildman–Crippen LogP) is 3.38. The van der Waals surface area contributed by atoms with Gasteiger partial charge in [-0.25, -0.2) is 9.37 Å². The van der Waals surface area contributed by atoms with Crippen LogP contribution < -0.4 is 5.32 Å². The lowest BCUT2D eigenvalue weighted by Gasteiger charge is -2.09. The second-order valence-corrected chi connectivity index (χ2v) is 3.14. The molecule has 80 valence electrons. The molecule has 0 unspecified atom stereocenters. The monoisotopic (exact) mass is 198 g/mol. The van der Waals surface area contributed by atoms with Gasteiger partial charge in [0.25, 0.3) is 0 Å². The molecule has 0 spiro atoms. The fraction of sp³-hybridized carbons (Fsp3) is 0.545. The summed E-state index contributed by atoms with van der Waals surface area (Å²) in [5.41, 5.74) is 0.835. The summed E-state index contributed by atoms with van der Waals surface area (Å²) in [6, 6.07) is 1.67. The first kappa shape index (κ1) is 12.9. The van der Waals surface area contributed by atoms with Gasteiger partial charge >= 0.3 is 0 Å². The van der Waals surface area contributed by atoms with Gasteiger partial charge in [0, 0.05) is 12.2 Å². The van der Waals surface area contributed by atoms with E-state index in [1.165, 1.54) is 6.07 Å². The molecule has 2 nitrogen and oxygen atoms in total. The van der Waals surface area contributed by atoms with Crippen molar-refractivity contribution in [3.8, 4) is 0 Å². The van der Waals surface area contributed by atoms with Gasteiger partial charge in [-0.05, 0) is 32.4 Å². The van der Waals surface area contributed by atoms with Crippen molar-refractivity contribution in [1.82, 2.24) is 4.98 Å². The number of aryl methyl sites for hydroxylation is 1. The van der Waals surface area contributed by atoms with Gasteiger partial charge in [-0.1, -0.05) is 13.8 Å². The molecular weight excluding hydrogens is 179 g/mol. The van der Waals surface area contributed by atoms with E-state index in [9.17, 15) is 4.39 Å². The molecule has 0 saturated heterocycles. The highest BCUT2D eigenvalue weighted by Gasteiger charge is 2.03. The van der Waals surface area contributed by atoms with Gasteiger partial charge in [0.1, 0.15) is 0 Å². The minimum absolute atomic E-state index is 0.203. The van der Waals surface area contributed by atoms with Crippen molar-refractivity contribution in [2.45, 2.75) is 40.7 Å². The number of nitrogens with zero attached hydrogens (tertiary/aromatic N) is 1. The summed E-state index contributed by atoms with van der Waals surface area (Å²) in [7, 11) is 0. The van der Waals surface area contributed by atoms with E-state index in [-0.39, 0.29) is 11.9 Å². The fourth-order valence-corrected chi connectivity index (χ4v) is 0.913. The van der Waals surface area contributed by atoms with Gasteiger partial charge in [0.05, 0.1) is 0 Å². The Morgan fingerprint density at radius 3 is 2.36 bits per heavy atom. The van der Waals surface area contributed by atoms with Gasteiger partial charge in [0.15, 0.2) is 11.6 Å². The minimum atomic E-state index is -0.288. The van der Waals surface area contributed by atoms with Crippen LogP contribution in [0, 0.1) is 12.7 Å². The first-order chi connectivity index (χ1) is 6.59. The van der Waals surface area contributed by atoms with E-state index in [4.69, 9.17) is 0 Å². The molecule has 0 aliphatic rings. The third-order valence-electron chi connectivity index (χ3n) is 1.40. The summed E-state index contributed by atoms with van der Waals surface area (Å²) in [4.78, 5) is 3.93. The number of anilines is 1. The van der Waals surface area contributed by atoms with Crippen molar-refractivity contribution in [3.63, 3.8) is 0 Å². The summed E-state index contributed by atoms with van der Waals surface area (Å²) in [6.45, 7) is 9.71. The van der Waals surface area contributed by atoms with Crippen LogP contribution in [0.4, 0.5) is 10.2 Å². The Hall–Kier alpha value is -1.12. The highest BCUT2D eigenvalue weighted by molar-refractivity contribution is 5.37. The highest BCUT2D eigenvalue weighted by atomic mass is 19.1. The van der Waals surface area contributed by atoms with Crippen LogP contribution in [0.3, 0.4) is 0 Å². The molecule has 1 N–H and O–H groups in total. The zero-order valence-corrected chi connectivity index (χ0v) is 9.56. The molecule has 0 aromatic carbocycles. The number of pyridine rings is 1. The molecule has 1 aromatic heterocycles. The van der Waals surface area contributed by atoms with E-state index in [0.29, 0.717) is 5.82 Å². The van der Waals surface area contributed by atoms with Crippen LogP contribution >= 0.6 is 0 Å². The average molecular weight is 198 g/mol. The molecule has 3 heteroatoms. The Labute approximate surface area is 85.6 Å². The molecule has 0 fully saturated rings. The van der Waals surface area contributed by atoms with Crippen molar-refractivity contribution < 1.29 is 4.39 Å². The number of rotatable bonds is 2. The summed E-state index contributed by atoms with van der Waals surface area (Å²) >= 11 is 0. The molecule has 0 bridgehead atoms. The number of hydrogen-bond acceptors (Lipinski definition) is 2. The lowest BCUT2D eigenvalue weighted by atomic mass is 10.3. The van der Waals surface area contributed by atoms with Gasteiger partial charge in [-0.15, -0.1) is 0 Å². The van der Waals surface area contributed by atoms with Crippen molar-refractivity contribution in [3.05, 3.63) is 23.6 Å². The number of halogens is 1. The Morgan fingerprint density at radius 2 is 1.93 bits per heavy atom. The minimum Gasteiger partial charge on any atom is -0.365 e. The molecule has 0 aliphatic heterocycles. The lowest BCUT2D eigenvalue weighted by molar-refractivity contribution is 0.620. The zero-order chi connectivity index (χ0) is 11.1. The van der Waals surface area contributed by atoms with E-state index in [1.54, 1.807) is 6.20 Å². The zero-order valence-electron chi connectivity index (χ0n) is 9.56. The smallest absolute Gasteiger partial charge is 0.165 e. The Morgan fingerprint density at radius 1 is 1.36 bits per heavy atom. The van der Waals surface area contributed by atoms with Gasteiger partial charge in [-0.2, -0.15) is 0 Å². The largest absolute Gasteiger partial charge is 0.365 e. The van der Waals surface area contributed by atoms with Crippen LogP contribution in [-0.2, 0) is 0 Å². The molecule has 0 radical (unpaired) electrons. The van der Waals surface area contributed by atoms with Crippen LogP contribution in [0.5, 0.6) is 0 Å². The maximum absolute atomic E-state index is 13.1. The summed E-state index contributed by atoms with van der Waals surface area (Å²) in [6.07, 6.45) is 1.65. The van der Waals surface area contributed by atoms with Gasteiger partial charge in [-0.3, -0.25) is 0 Å². The van der Waals surface area contributed by atoms with Crippen LogP contribution in [0.15, 0.2) is 12.3 Å². The molecule has 0 aliphatic carbocycles. The number of aromatic nitrogens is 1. The topological polar surface area (TPSA) is 24.9 Å². The Balaban J connectivity index is 0.000000791. The molecule has 14 heavy (non-hydrogen) atoms. The van der Waals surface area contributed by atoms with Gasteiger partial charge < -0.3 is 5.32 Å². The van der Waals surface area contributed by atoms with E-state index in [1.807, 2.05) is 34.6 Å². The molecule has 0 amide bonds. The molecule has 1 rings (SSSR count). The van der Waals surface area contributed by atoms with E-state index in [2.05, 4.69) is 10.3 Å². The van der Waals surface area contributed by atoms with Crippen molar-refractivity contribution >= 4 is 5.82 Å². The standard InChI is InChI=1S/C9H13FN2.C2H6/c1-6(2)12-9-8(10)4-7(3)5-11-9;1-2/h4-6H,1-3H3,(H,11,12);1-2H3. The van der Waals surface area contributed by atoms with Crippen LogP contribution in [0.1, 0.15) is 33.3 Å². The SMILES string of the molecule is CC.Cc1cnc(NC(C)C)c(F)c1. The van der Waals surface area contributed by atoms with Gasteiger partial charge in [0.2, 0.25) is 0 Å². The number of nitrogens with one attached hydrogen (secondary N) is 1. The van der Waals surface area contributed by atoms with Crippen LogP contribution in [0.2, 0.25) is 0 Å². The first-order valence-electron chi connectivity index (χ1n) is 4.98.